The Morgan fingerprint density at radius 1 is 1.17 bits per heavy atom. The van der Waals surface area contributed by atoms with E-state index in [0.29, 0.717) is 32.5 Å². The number of likely N-dealkylation sites (N-methyl/N-ethyl adjacent to an activating group) is 1. The van der Waals surface area contributed by atoms with Gasteiger partial charge in [-0.05, 0) is 19.9 Å². The van der Waals surface area contributed by atoms with Crippen molar-refractivity contribution in [2.75, 3.05) is 46.3 Å². The van der Waals surface area contributed by atoms with E-state index in [9.17, 15) is 19.2 Å². The minimum atomic E-state index is -0.513. The Morgan fingerprint density at radius 3 is 2.67 bits per heavy atom. The fraction of sp³-hybridized carbons (Fsp3) is 0.733. The second kappa shape index (κ2) is 6.39. The zero-order valence-corrected chi connectivity index (χ0v) is 13.8. The Kier molecular flexibility index (Phi) is 4.44. The Labute approximate surface area is 140 Å². The van der Waals surface area contributed by atoms with E-state index < -0.39 is 6.03 Å². The molecule has 2 N–H and O–H groups in total. The highest BCUT2D eigenvalue weighted by Crippen LogP contribution is 2.30. The zero-order valence-electron chi connectivity index (χ0n) is 13.8. The summed E-state index contributed by atoms with van der Waals surface area (Å²) in [5.41, 5.74) is -0.212. The van der Waals surface area contributed by atoms with Crippen LogP contribution < -0.4 is 10.6 Å². The molecule has 3 aliphatic rings. The number of rotatable bonds is 2. The summed E-state index contributed by atoms with van der Waals surface area (Å²) in [7, 11) is 2.03. The average Bonchev–Trinajstić information content (AvgIpc) is 2.73. The molecule has 9 nitrogen and oxygen atoms in total. The van der Waals surface area contributed by atoms with Crippen LogP contribution in [-0.2, 0) is 14.4 Å². The van der Waals surface area contributed by atoms with Gasteiger partial charge < -0.3 is 15.1 Å². The fourth-order valence-corrected chi connectivity index (χ4v) is 3.68. The van der Waals surface area contributed by atoms with Crippen molar-refractivity contribution in [1.29, 1.82) is 0 Å². The molecule has 3 aliphatic heterocycles. The molecular weight excluding hydrogens is 314 g/mol. The van der Waals surface area contributed by atoms with Crippen molar-refractivity contribution in [3.05, 3.63) is 0 Å². The largest absolute Gasteiger partial charge is 0.356 e. The molecule has 0 aromatic heterocycles. The average molecular weight is 337 g/mol. The summed E-state index contributed by atoms with van der Waals surface area (Å²) in [6.45, 7) is 2.30. The van der Waals surface area contributed by atoms with Crippen LogP contribution in [0.5, 0.6) is 0 Å². The van der Waals surface area contributed by atoms with Gasteiger partial charge in [-0.3, -0.25) is 24.6 Å². The first-order valence-electron chi connectivity index (χ1n) is 8.24. The molecular formula is C15H23N5O4. The van der Waals surface area contributed by atoms with Gasteiger partial charge in [0.05, 0.1) is 0 Å². The number of amides is 5. The van der Waals surface area contributed by atoms with Crippen LogP contribution in [0.3, 0.4) is 0 Å². The molecule has 9 heteroatoms. The van der Waals surface area contributed by atoms with Crippen LogP contribution in [0, 0.1) is 0 Å². The summed E-state index contributed by atoms with van der Waals surface area (Å²) in [5.74, 6) is -0.483. The fourth-order valence-electron chi connectivity index (χ4n) is 3.68. The van der Waals surface area contributed by atoms with Crippen LogP contribution in [0.2, 0.25) is 0 Å². The van der Waals surface area contributed by atoms with Crippen molar-refractivity contribution in [1.82, 2.24) is 25.3 Å². The number of nitrogens with zero attached hydrogens (tertiary/aromatic N) is 3. The lowest BCUT2D eigenvalue weighted by Crippen LogP contribution is -2.63. The standard InChI is InChI=1S/C15H23N5O4/c1-18-6-7-19(10-15(18)3-2-11(21)16-5-4-15)13(23)9-20-8-12(22)17-14(20)24/h2-10H2,1H3,(H,16,21)(H,17,22,24)/t15-/m1/s1. The zero-order chi connectivity index (χ0) is 17.3. The highest BCUT2D eigenvalue weighted by atomic mass is 16.2. The number of piperazine rings is 1. The maximum atomic E-state index is 12.6. The molecule has 3 rings (SSSR count). The molecule has 0 aromatic carbocycles. The summed E-state index contributed by atoms with van der Waals surface area (Å²) in [6, 6.07) is -0.513. The van der Waals surface area contributed by atoms with Crippen LogP contribution >= 0.6 is 0 Å². The Morgan fingerprint density at radius 2 is 1.96 bits per heavy atom. The van der Waals surface area contributed by atoms with Crippen molar-refractivity contribution in [2.45, 2.75) is 24.8 Å². The topological polar surface area (TPSA) is 102 Å². The van der Waals surface area contributed by atoms with Gasteiger partial charge in [0, 0.05) is 38.1 Å². The SMILES string of the molecule is CN1CCN(C(=O)CN2CC(=O)NC2=O)C[C@@]12CCNC(=O)CC2. The van der Waals surface area contributed by atoms with Gasteiger partial charge in [-0.1, -0.05) is 0 Å². The van der Waals surface area contributed by atoms with Gasteiger partial charge in [-0.15, -0.1) is 0 Å². The van der Waals surface area contributed by atoms with Gasteiger partial charge in [-0.2, -0.15) is 0 Å². The molecule has 0 aliphatic carbocycles. The molecule has 0 unspecified atom stereocenters. The van der Waals surface area contributed by atoms with E-state index in [1.807, 2.05) is 7.05 Å². The second-order valence-electron chi connectivity index (χ2n) is 6.77. The lowest BCUT2D eigenvalue weighted by molar-refractivity contribution is -0.137. The van der Waals surface area contributed by atoms with E-state index >= 15 is 0 Å². The smallest absolute Gasteiger partial charge is 0.325 e. The van der Waals surface area contributed by atoms with E-state index in [1.165, 1.54) is 4.90 Å². The Bertz CT molecular complexity index is 580. The molecule has 3 heterocycles. The molecule has 5 amide bonds. The summed E-state index contributed by atoms with van der Waals surface area (Å²) >= 11 is 0. The van der Waals surface area contributed by atoms with Crippen LogP contribution in [0.1, 0.15) is 19.3 Å². The number of hydrogen-bond acceptors (Lipinski definition) is 5. The number of carbonyl (C=O) groups excluding carboxylic acids is 4. The molecule has 1 spiro atoms. The third-order valence-electron chi connectivity index (χ3n) is 5.28. The molecule has 0 radical (unpaired) electrons. The lowest BCUT2D eigenvalue weighted by atomic mass is 9.86. The van der Waals surface area contributed by atoms with Crippen LogP contribution in [0.25, 0.3) is 0 Å². The third-order valence-corrected chi connectivity index (χ3v) is 5.28. The summed E-state index contributed by atoms with van der Waals surface area (Å²) in [5, 5.41) is 5.06. The molecule has 0 aromatic rings. The highest BCUT2D eigenvalue weighted by molar-refractivity contribution is 6.03. The summed E-state index contributed by atoms with van der Waals surface area (Å²) in [6.07, 6.45) is 1.96. The van der Waals surface area contributed by atoms with Gasteiger partial charge in [0.15, 0.2) is 0 Å². The normalized spacial score (nSPS) is 28.8. The molecule has 3 saturated heterocycles. The van der Waals surface area contributed by atoms with Gasteiger partial charge in [0.25, 0.3) is 0 Å². The maximum absolute atomic E-state index is 12.6. The van der Waals surface area contributed by atoms with Gasteiger partial charge in [0.2, 0.25) is 17.7 Å². The van der Waals surface area contributed by atoms with E-state index in [1.54, 1.807) is 4.90 Å². The first kappa shape index (κ1) is 16.7. The quantitative estimate of drug-likeness (QED) is 0.588. The van der Waals surface area contributed by atoms with E-state index in [0.717, 1.165) is 13.0 Å². The summed E-state index contributed by atoms with van der Waals surface area (Å²) < 4.78 is 0. The first-order chi connectivity index (χ1) is 11.4. The minimum absolute atomic E-state index is 0.0518. The van der Waals surface area contributed by atoms with E-state index in [2.05, 4.69) is 15.5 Å². The maximum Gasteiger partial charge on any atom is 0.325 e. The van der Waals surface area contributed by atoms with Crippen molar-refractivity contribution in [2.24, 2.45) is 0 Å². The number of hydrogen-bond donors (Lipinski definition) is 2. The van der Waals surface area contributed by atoms with Crippen LogP contribution in [-0.4, -0.2) is 90.3 Å². The number of urea groups is 1. The van der Waals surface area contributed by atoms with Crippen molar-refractivity contribution in [3.63, 3.8) is 0 Å². The van der Waals surface area contributed by atoms with Gasteiger partial charge in [0.1, 0.15) is 13.1 Å². The summed E-state index contributed by atoms with van der Waals surface area (Å²) in [4.78, 5) is 52.3. The second-order valence-corrected chi connectivity index (χ2v) is 6.77. The first-order valence-corrected chi connectivity index (χ1v) is 8.24. The highest BCUT2D eigenvalue weighted by Gasteiger charge is 2.42. The predicted molar refractivity (Wildman–Crippen MR) is 83.9 cm³/mol. The molecule has 0 saturated carbocycles. The Hall–Kier alpha value is -2.16. The number of nitrogens with one attached hydrogen (secondary N) is 2. The van der Waals surface area contributed by atoms with Crippen molar-refractivity contribution < 1.29 is 19.2 Å². The van der Waals surface area contributed by atoms with Crippen LogP contribution in [0.15, 0.2) is 0 Å². The monoisotopic (exact) mass is 337 g/mol. The molecule has 1 atom stereocenters. The number of imide groups is 1. The van der Waals surface area contributed by atoms with E-state index in [4.69, 9.17) is 0 Å². The van der Waals surface area contributed by atoms with Gasteiger partial charge >= 0.3 is 6.03 Å². The van der Waals surface area contributed by atoms with Crippen molar-refractivity contribution in [3.8, 4) is 0 Å². The van der Waals surface area contributed by atoms with E-state index in [-0.39, 0.29) is 36.3 Å². The number of carbonyl (C=O) groups is 4. The molecule has 132 valence electrons. The minimum Gasteiger partial charge on any atom is -0.356 e. The lowest BCUT2D eigenvalue weighted by Gasteiger charge is -2.49. The predicted octanol–water partition coefficient (Wildman–Crippen LogP) is -1.65. The third kappa shape index (κ3) is 3.21. The molecule has 3 fully saturated rings. The van der Waals surface area contributed by atoms with Crippen LogP contribution in [0.4, 0.5) is 4.79 Å². The van der Waals surface area contributed by atoms with Crippen molar-refractivity contribution >= 4 is 23.8 Å². The van der Waals surface area contributed by atoms with Gasteiger partial charge in [-0.25, -0.2) is 4.79 Å². The Balaban J connectivity index is 1.66. The molecule has 0 bridgehead atoms. The molecule has 24 heavy (non-hydrogen) atoms.